The summed E-state index contributed by atoms with van der Waals surface area (Å²) in [5.41, 5.74) is 3.07. The van der Waals surface area contributed by atoms with Gasteiger partial charge in [-0.1, -0.05) is 47.4 Å². The standard InChI is InChI=1S/C18H17N3O2S2/c1-12-5-3-4-6-14(12)11-24-18-21-20-17(25-18)19-16(22)13-7-9-15(23-2)10-8-13/h3-10H,11H2,1-2H3,(H,19,20,22). The molecule has 0 aliphatic rings. The van der Waals surface area contributed by atoms with E-state index in [0.717, 1.165) is 10.1 Å². The number of carbonyl (C=O) groups excluding carboxylic acids is 1. The summed E-state index contributed by atoms with van der Waals surface area (Å²) in [5.74, 6) is 1.32. The van der Waals surface area contributed by atoms with Crippen LogP contribution in [0.5, 0.6) is 5.75 Å². The highest BCUT2D eigenvalue weighted by atomic mass is 32.2. The van der Waals surface area contributed by atoms with Crippen LogP contribution in [0.15, 0.2) is 52.9 Å². The molecule has 0 radical (unpaired) electrons. The summed E-state index contributed by atoms with van der Waals surface area (Å²) in [4.78, 5) is 12.2. The Bertz CT molecular complexity index is 863. The molecule has 0 aliphatic carbocycles. The van der Waals surface area contributed by atoms with Crippen LogP contribution in [0.2, 0.25) is 0 Å². The summed E-state index contributed by atoms with van der Waals surface area (Å²) in [5, 5.41) is 11.4. The van der Waals surface area contributed by atoms with E-state index in [1.54, 1.807) is 43.1 Å². The number of amides is 1. The number of carbonyl (C=O) groups is 1. The Morgan fingerprint density at radius 2 is 1.92 bits per heavy atom. The molecular formula is C18H17N3O2S2. The van der Waals surface area contributed by atoms with Gasteiger partial charge < -0.3 is 4.74 Å². The number of ether oxygens (including phenoxy) is 1. The zero-order valence-electron chi connectivity index (χ0n) is 13.9. The van der Waals surface area contributed by atoms with Crippen LogP contribution in [-0.4, -0.2) is 23.2 Å². The maximum absolute atomic E-state index is 12.2. The minimum atomic E-state index is -0.214. The molecule has 1 heterocycles. The van der Waals surface area contributed by atoms with Crippen LogP contribution >= 0.6 is 23.1 Å². The number of methoxy groups -OCH3 is 1. The van der Waals surface area contributed by atoms with Gasteiger partial charge in [-0.05, 0) is 42.3 Å². The molecule has 0 saturated heterocycles. The zero-order chi connectivity index (χ0) is 17.6. The van der Waals surface area contributed by atoms with Crippen molar-refractivity contribution in [3.8, 4) is 5.75 Å². The van der Waals surface area contributed by atoms with E-state index in [4.69, 9.17) is 4.74 Å². The van der Waals surface area contributed by atoms with Crippen molar-refractivity contribution in [2.45, 2.75) is 17.0 Å². The highest BCUT2D eigenvalue weighted by molar-refractivity contribution is 8.00. The van der Waals surface area contributed by atoms with Crippen molar-refractivity contribution in [2.24, 2.45) is 0 Å². The normalized spacial score (nSPS) is 10.5. The summed E-state index contributed by atoms with van der Waals surface area (Å²) >= 11 is 2.99. The first-order valence-corrected chi connectivity index (χ1v) is 9.42. The Morgan fingerprint density at radius 1 is 1.16 bits per heavy atom. The Kier molecular flexibility index (Phi) is 5.67. The van der Waals surface area contributed by atoms with E-state index in [0.29, 0.717) is 16.4 Å². The predicted molar refractivity (Wildman–Crippen MR) is 102 cm³/mol. The summed E-state index contributed by atoms with van der Waals surface area (Å²) < 4.78 is 5.91. The quantitative estimate of drug-likeness (QED) is 0.514. The van der Waals surface area contributed by atoms with Crippen LogP contribution in [0.1, 0.15) is 21.5 Å². The Morgan fingerprint density at radius 3 is 2.64 bits per heavy atom. The summed E-state index contributed by atoms with van der Waals surface area (Å²) in [6, 6.07) is 15.2. The van der Waals surface area contributed by atoms with Crippen LogP contribution in [0, 0.1) is 6.92 Å². The summed E-state index contributed by atoms with van der Waals surface area (Å²) in [6.45, 7) is 2.09. The maximum atomic E-state index is 12.2. The van der Waals surface area contributed by atoms with Crippen LogP contribution in [0.4, 0.5) is 5.13 Å². The minimum Gasteiger partial charge on any atom is -0.497 e. The highest BCUT2D eigenvalue weighted by Gasteiger charge is 2.11. The van der Waals surface area contributed by atoms with Crippen LogP contribution in [-0.2, 0) is 5.75 Å². The van der Waals surface area contributed by atoms with Gasteiger partial charge in [-0.2, -0.15) is 0 Å². The number of nitrogens with one attached hydrogen (secondary N) is 1. The number of aryl methyl sites for hydroxylation is 1. The van der Waals surface area contributed by atoms with E-state index in [1.807, 2.05) is 12.1 Å². The Balaban J connectivity index is 1.59. The second-order valence-corrected chi connectivity index (χ2v) is 7.47. The molecule has 0 fully saturated rings. The molecule has 0 bridgehead atoms. The van der Waals surface area contributed by atoms with Crippen molar-refractivity contribution in [3.05, 3.63) is 65.2 Å². The van der Waals surface area contributed by atoms with Crippen LogP contribution in [0.3, 0.4) is 0 Å². The number of thioether (sulfide) groups is 1. The van der Waals surface area contributed by atoms with Gasteiger partial charge in [0.15, 0.2) is 4.34 Å². The van der Waals surface area contributed by atoms with Gasteiger partial charge in [0.2, 0.25) is 5.13 Å². The molecule has 0 aliphatic heterocycles. The molecule has 0 spiro atoms. The maximum Gasteiger partial charge on any atom is 0.257 e. The van der Waals surface area contributed by atoms with Gasteiger partial charge in [0.05, 0.1) is 7.11 Å². The third kappa shape index (κ3) is 4.58. The van der Waals surface area contributed by atoms with Crippen LogP contribution in [0.25, 0.3) is 0 Å². The van der Waals surface area contributed by atoms with Crippen molar-refractivity contribution in [3.63, 3.8) is 0 Å². The van der Waals surface area contributed by atoms with Crippen molar-refractivity contribution >= 4 is 34.1 Å². The number of nitrogens with zero attached hydrogens (tertiary/aromatic N) is 2. The van der Waals surface area contributed by atoms with E-state index in [9.17, 15) is 4.79 Å². The predicted octanol–water partition coefficient (Wildman–Crippen LogP) is 4.40. The first-order chi connectivity index (χ1) is 12.2. The van der Waals surface area contributed by atoms with Gasteiger partial charge in [-0.3, -0.25) is 10.1 Å². The molecule has 1 aromatic heterocycles. The number of hydrogen-bond donors (Lipinski definition) is 1. The van der Waals surface area contributed by atoms with Gasteiger partial charge in [-0.25, -0.2) is 0 Å². The van der Waals surface area contributed by atoms with E-state index >= 15 is 0 Å². The summed E-state index contributed by atoms with van der Waals surface area (Å²) in [7, 11) is 1.59. The number of anilines is 1. The van der Waals surface area contributed by atoms with E-state index in [2.05, 4.69) is 34.6 Å². The monoisotopic (exact) mass is 371 g/mol. The van der Waals surface area contributed by atoms with Crippen molar-refractivity contribution in [1.29, 1.82) is 0 Å². The van der Waals surface area contributed by atoms with E-state index < -0.39 is 0 Å². The van der Waals surface area contributed by atoms with E-state index in [-0.39, 0.29) is 5.91 Å². The molecule has 3 rings (SSSR count). The minimum absolute atomic E-state index is 0.214. The molecule has 1 N–H and O–H groups in total. The molecule has 3 aromatic rings. The first kappa shape index (κ1) is 17.4. The number of hydrogen-bond acceptors (Lipinski definition) is 6. The molecule has 128 valence electrons. The lowest BCUT2D eigenvalue weighted by atomic mass is 10.1. The summed E-state index contributed by atoms with van der Waals surface area (Å²) in [6.07, 6.45) is 0. The fourth-order valence-electron chi connectivity index (χ4n) is 2.14. The van der Waals surface area contributed by atoms with E-state index in [1.165, 1.54) is 22.5 Å². The molecule has 7 heteroatoms. The average Bonchev–Trinajstić information content (AvgIpc) is 3.08. The number of benzene rings is 2. The van der Waals surface area contributed by atoms with Crippen molar-refractivity contribution in [2.75, 3.05) is 12.4 Å². The molecule has 25 heavy (non-hydrogen) atoms. The highest BCUT2D eigenvalue weighted by Crippen LogP contribution is 2.29. The molecule has 0 unspecified atom stereocenters. The second-order valence-electron chi connectivity index (χ2n) is 5.27. The third-order valence-electron chi connectivity index (χ3n) is 3.59. The molecule has 0 atom stereocenters. The lowest BCUT2D eigenvalue weighted by Gasteiger charge is -2.03. The van der Waals surface area contributed by atoms with Crippen LogP contribution < -0.4 is 10.1 Å². The first-order valence-electron chi connectivity index (χ1n) is 7.62. The Labute approximate surface area is 154 Å². The lowest BCUT2D eigenvalue weighted by molar-refractivity contribution is 0.102. The molecule has 0 saturated carbocycles. The average molecular weight is 371 g/mol. The van der Waals surface area contributed by atoms with Gasteiger partial charge in [0.1, 0.15) is 5.75 Å². The van der Waals surface area contributed by atoms with Gasteiger partial charge >= 0.3 is 0 Å². The second kappa shape index (κ2) is 8.13. The van der Waals surface area contributed by atoms with Gasteiger partial charge in [0, 0.05) is 11.3 Å². The third-order valence-corrected chi connectivity index (χ3v) is 5.61. The number of aromatic nitrogens is 2. The van der Waals surface area contributed by atoms with Crippen molar-refractivity contribution in [1.82, 2.24) is 10.2 Å². The topological polar surface area (TPSA) is 64.1 Å². The largest absolute Gasteiger partial charge is 0.497 e. The van der Waals surface area contributed by atoms with Crippen molar-refractivity contribution < 1.29 is 9.53 Å². The Hall–Kier alpha value is -2.38. The number of rotatable bonds is 6. The van der Waals surface area contributed by atoms with Gasteiger partial charge in [-0.15, -0.1) is 10.2 Å². The smallest absolute Gasteiger partial charge is 0.257 e. The van der Waals surface area contributed by atoms with Gasteiger partial charge in [0.25, 0.3) is 5.91 Å². The lowest BCUT2D eigenvalue weighted by Crippen LogP contribution is -2.11. The molecule has 2 aromatic carbocycles. The molecule has 1 amide bonds. The fraction of sp³-hybridized carbons (Fsp3) is 0.167. The molecule has 5 nitrogen and oxygen atoms in total. The fourth-order valence-corrected chi connectivity index (χ4v) is 3.96. The molecular weight excluding hydrogens is 354 g/mol. The zero-order valence-corrected chi connectivity index (χ0v) is 15.5. The SMILES string of the molecule is COc1ccc(C(=O)Nc2nnc(SCc3ccccc3C)s2)cc1.